The van der Waals surface area contributed by atoms with Crippen LogP contribution in [0.5, 0.6) is 0 Å². The normalized spacial score (nSPS) is 10.2. The summed E-state index contributed by atoms with van der Waals surface area (Å²) in [4.78, 5) is 22.9. The van der Waals surface area contributed by atoms with E-state index in [4.69, 9.17) is 0 Å². The lowest BCUT2D eigenvalue weighted by atomic mass is 10.1. The summed E-state index contributed by atoms with van der Waals surface area (Å²) in [5, 5.41) is 13.8. The molecule has 1 amide bonds. The van der Waals surface area contributed by atoms with Crippen LogP contribution in [0.25, 0.3) is 0 Å². The molecule has 0 spiro atoms. The molecule has 0 fully saturated rings. The van der Waals surface area contributed by atoms with Crippen LogP contribution in [0, 0.1) is 27.5 Å². The van der Waals surface area contributed by atoms with E-state index in [1.54, 1.807) is 38.1 Å². The van der Waals surface area contributed by atoms with Crippen LogP contribution < -0.4 is 5.32 Å². The Kier molecular flexibility index (Phi) is 4.56. The van der Waals surface area contributed by atoms with Crippen molar-refractivity contribution in [1.82, 2.24) is 0 Å². The van der Waals surface area contributed by atoms with Crippen LogP contribution in [-0.4, -0.2) is 10.8 Å². The van der Waals surface area contributed by atoms with Crippen molar-refractivity contribution in [2.75, 3.05) is 5.32 Å². The lowest BCUT2D eigenvalue weighted by molar-refractivity contribution is -0.384. The molecule has 108 valence electrons. The van der Waals surface area contributed by atoms with Gasteiger partial charge in [-0.25, -0.2) is 0 Å². The molecule has 0 saturated heterocycles. The molecule has 2 aromatic carbocycles. The topological polar surface area (TPSA) is 72.2 Å². The molecule has 1 N–H and O–H groups in total. The molecule has 0 aromatic heterocycles. The number of hydrogen-bond donors (Lipinski definition) is 1. The first-order valence-electron chi connectivity index (χ1n) is 6.21. The number of amides is 1. The van der Waals surface area contributed by atoms with Crippen molar-refractivity contribution >= 4 is 39.9 Å². The first kappa shape index (κ1) is 15.4. The zero-order valence-corrected chi connectivity index (χ0v) is 13.7. The van der Waals surface area contributed by atoms with Crippen molar-refractivity contribution in [2.45, 2.75) is 13.8 Å². The number of nitro benzene ring substituents is 1. The van der Waals surface area contributed by atoms with Gasteiger partial charge in [0, 0.05) is 15.2 Å². The number of nitrogens with zero attached hydrogens (tertiary/aromatic N) is 1. The van der Waals surface area contributed by atoms with Crippen LogP contribution in [-0.2, 0) is 0 Å². The van der Waals surface area contributed by atoms with Crippen molar-refractivity contribution in [2.24, 2.45) is 0 Å². The average Bonchev–Trinajstić information content (AvgIpc) is 2.41. The van der Waals surface area contributed by atoms with E-state index in [0.717, 1.165) is 9.13 Å². The molecule has 0 aliphatic heterocycles. The maximum atomic E-state index is 12.2. The molecule has 0 heterocycles. The van der Waals surface area contributed by atoms with Crippen LogP contribution in [0.3, 0.4) is 0 Å². The van der Waals surface area contributed by atoms with E-state index < -0.39 is 4.92 Å². The number of anilines is 1. The Labute approximate surface area is 135 Å². The second kappa shape index (κ2) is 6.21. The van der Waals surface area contributed by atoms with Gasteiger partial charge in [0.1, 0.15) is 5.69 Å². The second-order valence-corrected chi connectivity index (χ2v) is 5.94. The Morgan fingerprint density at radius 3 is 2.57 bits per heavy atom. The molecule has 0 unspecified atom stereocenters. The summed E-state index contributed by atoms with van der Waals surface area (Å²) < 4.78 is 0.926. The van der Waals surface area contributed by atoms with Gasteiger partial charge in [0.25, 0.3) is 11.6 Å². The maximum absolute atomic E-state index is 12.2. The van der Waals surface area contributed by atoms with E-state index in [1.165, 1.54) is 6.07 Å². The molecular weight excluding hydrogens is 383 g/mol. The minimum absolute atomic E-state index is 0.0912. The van der Waals surface area contributed by atoms with Gasteiger partial charge in [0.15, 0.2) is 0 Å². The summed E-state index contributed by atoms with van der Waals surface area (Å²) in [5.74, 6) is -0.358. The Morgan fingerprint density at radius 2 is 1.95 bits per heavy atom. The molecule has 5 nitrogen and oxygen atoms in total. The molecule has 0 bridgehead atoms. The van der Waals surface area contributed by atoms with Crippen molar-refractivity contribution in [3.8, 4) is 0 Å². The monoisotopic (exact) mass is 396 g/mol. The summed E-state index contributed by atoms with van der Waals surface area (Å²) in [7, 11) is 0. The highest BCUT2D eigenvalue weighted by molar-refractivity contribution is 14.1. The Bertz CT molecular complexity index is 729. The zero-order chi connectivity index (χ0) is 15.6. The van der Waals surface area contributed by atoms with Crippen molar-refractivity contribution in [3.63, 3.8) is 0 Å². The quantitative estimate of drug-likeness (QED) is 0.483. The van der Waals surface area contributed by atoms with Gasteiger partial charge < -0.3 is 5.32 Å². The van der Waals surface area contributed by atoms with Crippen LogP contribution in [0.1, 0.15) is 21.5 Å². The van der Waals surface area contributed by atoms with Gasteiger partial charge in [-0.2, -0.15) is 0 Å². The SMILES string of the molecule is Cc1cc(C)c(NC(=O)c2cccc(I)c2)c([N+](=O)[O-])c1. The van der Waals surface area contributed by atoms with Crippen LogP contribution in [0.4, 0.5) is 11.4 Å². The predicted octanol–water partition coefficient (Wildman–Crippen LogP) is 4.07. The molecular formula is C15H13IN2O3. The third-order valence-electron chi connectivity index (χ3n) is 2.98. The fourth-order valence-corrected chi connectivity index (χ4v) is 2.61. The number of rotatable bonds is 3. The van der Waals surface area contributed by atoms with Gasteiger partial charge in [-0.3, -0.25) is 14.9 Å². The summed E-state index contributed by atoms with van der Waals surface area (Å²) >= 11 is 2.11. The summed E-state index contributed by atoms with van der Waals surface area (Å²) in [6.07, 6.45) is 0. The summed E-state index contributed by atoms with van der Waals surface area (Å²) in [6, 6.07) is 10.3. The molecule has 0 radical (unpaired) electrons. The smallest absolute Gasteiger partial charge is 0.293 e. The molecule has 2 rings (SSSR count). The van der Waals surface area contributed by atoms with Gasteiger partial charge in [-0.1, -0.05) is 12.1 Å². The number of nitro groups is 1. The van der Waals surface area contributed by atoms with Crippen LogP contribution >= 0.6 is 22.6 Å². The number of benzene rings is 2. The Morgan fingerprint density at radius 1 is 1.24 bits per heavy atom. The molecule has 6 heteroatoms. The van der Waals surface area contributed by atoms with E-state index in [-0.39, 0.29) is 17.3 Å². The zero-order valence-electron chi connectivity index (χ0n) is 11.5. The fourth-order valence-electron chi connectivity index (χ4n) is 2.07. The minimum atomic E-state index is -0.482. The summed E-state index contributed by atoms with van der Waals surface area (Å²) in [5.41, 5.74) is 2.07. The van der Waals surface area contributed by atoms with Crippen molar-refractivity contribution in [3.05, 3.63) is 66.8 Å². The molecule has 21 heavy (non-hydrogen) atoms. The van der Waals surface area contributed by atoms with E-state index in [9.17, 15) is 14.9 Å². The molecule has 0 saturated carbocycles. The van der Waals surface area contributed by atoms with Gasteiger partial charge in [-0.15, -0.1) is 0 Å². The highest BCUT2D eigenvalue weighted by Crippen LogP contribution is 2.30. The fraction of sp³-hybridized carbons (Fsp3) is 0.133. The van der Waals surface area contributed by atoms with Gasteiger partial charge >= 0.3 is 0 Å². The van der Waals surface area contributed by atoms with Gasteiger partial charge in [-0.05, 0) is 65.8 Å². The lowest BCUT2D eigenvalue weighted by Gasteiger charge is -2.10. The van der Waals surface area contributed by atoms with Gasteiger partial charge in [0.2, 0.25) is 0 Å². The van der Waals surface area contributed by atoms with Gasteiger partial charge in [0.05, 0.1) is 4.92 Å². The first-order chi connectivity index (χ1) is 9.88. The number of halogens is 1. The lowest BCUT2D eigenvalue weighted by Crippen LogP contribution is -2.14. The number of hydrogen-bond acceptors (Lipinski definition) is 3. The Hall–Kier alpha value is -1.96. The third kappa shape index (κ3) is 3.57. The summed E-state index contributed by atoms with van der Waals surface area (Å²) in [6.45, 7) is 3.52. The van der Waals surface area contributed by atoms with Crippen LogP contribution in [0.2, 0.25) is 0 Å². The number of aryl methyl sites for hydroxylation is 2. The maximum Gasteiger partial charge on any atom is 0.293 e. The van der Waals surface area contributed by atoms with Crippen molar-refractivity contribution in [1.29, 1.82) is 0 Å². The molecule has 2 aromatic rings. The average molecular weight is 396 g/mol. The third-order valence-corrected chi connectivity index (χ3v) is 3.65. The molecule has 0 atom stereocenters. The minimum Gasteiger partial charge on any atom is -0.316 e. The standard InChI is InChI=1S/C15H13IN2O3/c1-9-6-10(2)14(13(7-9)18(20)21)17-15(19)11-4-3-5-12(16)8-11/h3-8H,1-2H3,(H,17,19). The molecule has 0 aliphatic rings. The highest BCUT2D eigenvalue weighted by atomic mass is 127. The van der Waals surface area contributed by atoms with E-state index in [2.05, 4.69) is 27.9 Å². The largest absolute Gasteiger partial charge is 0.316 e. The Balaban J connectivity index is 2.39. The van der Waals surface area contributed by atoms with E-state index in [1.807, 2.05) is 6.07 Å². The van der Waals surface area contributed by atoms with Crippen molar-refractivity contribution < 1.29 is 9.72 Å². The number of carbonyl (C=O) groups excluding carboxylic acids is 1. The second-order valence-electron chi connectivity index (χ2n) is 4.70. The van der Waals surface area contributed by atoms with E-state index >= 15 is 0 Å². The number of carbonyl (C=O) groups is 1. The predicted molar refractivity (Wildman–Crippen MR) is 89.7 cm³/mol. The highest BCUT2D eigenvalue weighted by Gasteiger charge is 2.19. The van der Waals surface area contributed by atoms with E-state index in [0.29, 0.717) is 11.1 Å². The molecule has 0 aliphatic carbocycles. The number of nitrogens with one attached hydrogen (secondary N) is 1. The van der Waals surface area contributed by atoms with Crippen LogP contribution in [0.15, 0.2) is 36.4 Å². The first-order valence-corrected chi connectivity index (χ1v) is 7.29.